The van der Waals surface area contributed by atoms with Crippen LogP contribution in [0.4, 0.5) is 0 Å². The predicted octanol–water partition coefficient (Wildman–Crippen LogP) is 5.43. The highest BCUT2D eigenvalue weighted by molar-refractivity contribution is 7.80. The van der Waals surface area contributed by atoms with E-state index in [4.69, 9.17) is 0 Å². The Balaban J connectivity index is 2.29. The van der Waals surface area contributed by atoms with Gasteiger partial charge in [0.1, 0.15) is 0 Å². The van der Waals surface area contributed by atoms with Crippen LogP contribution in [0.1, 0.15) is 0 Å². The van der Waals surface area contributed by atoms with Gasteiger partial charge >= 0.3 is 0 Å². The first kappa shape index (κ1) is 10.9. The van der Waals surface area contributed by atoms with Crippen LogP contribution >= 0.6 is 12.6 Å². The van der Waals surface area contributed by atoms with Crippen molar-refractivity contribution in [1.29, 1.82) is 0 Å². The van der Waals surface area contributed by atoms with Gasteiger partial charge in [-0.2, -0.15) is 0 Å². The second kappa shape index (κ2) is 4.01. The maximum atomic E-state index is 4.55. The number of hydrogen-bond acceptors (Lipinski definition) is 1. The first-order valence-corrected chi connectivity index (χ1v) is 6.81. The van der Waals surface area contributed by atoms with Crippen LogP contribution < -0.4 is 0 Å². The van der Waals surface area contributed by atoms with E-state index in [2.05, 4.69) is 73.3 Å². The summed E-state index contributed by atoms with van der Waals surface area (Å²) in [5.74, 6) is 0. The molecule has 4 aromatic rings. The van der Waals surface area contributed by atoms with E-state index in [0.29, 0.717) is 0 Å². The Morgan fingerprint density at radius 2 is 1.11 bits per heavy atom. The Morgan fingerprint density at radius 1 is 0.474 bits per heavy atom. The molecule has 0 N–H and O–H groups in total. The molecule has 0 nitrogen and oxygen atoms in total. The molecule has 1 heteroatoms. The Bertz CT molecular complexity index is 922. The molecule has 90 valence electrons. The molecule has 0 aliphatic carbocycles. The zero-order valence-electron chi connectivity index (χ0n) is 10.3. The van der Waals surface area contributed by atoms with Gasteiger partial charge in [0.15, 0.2) is 0 Å². The van der Waals surface area contributed by atoms with Gasteiger partial charge in [0.05, 0.1) is 0 Å². The SMILES string of the molecule is Sc1cccc2c1ccc1c3ccccc3ccc21. The molecule has 0 saturated carbocycles. The van der Waals surface area contributed by atoms with Crippen molar-refractivity contribution in [3.63, 3.8) is 0 Å². The van der Waals surface area contributed by atoms with Crippen LogP contribution in [0.15, 0.2) is 71.6 Å². The minimum Gasteiger partial charge on any atom is -0.143 e. The minimum atomic E-state index is 1.03. The summed E-state index contributed by atoms with van der Waals surface area (Å²) >= 11 is 4.55. The lowest BCUT2D eigenvalue weighted by atomic mass is 9.97. The smallest absolute Gasteiger partial charge is 0.0119 e. The summed E-state index contributed by atoms with van der Waals surface area (Å²) < 4.78 is 0. The molecule has 0 spiro atoms. The van der Waals surface area contributed by atoms with Gasteiger partial charge in [-0.25, -0.2) is 0 Å². The molecule has 0 heterocycles. The van der Waals surface area contributed by atoms with E-state index in [1.807, 2.05) is 6.07 Å². The third-order valence-electron chi connectivity index (χ3n) is 3.76. The summed E-state index contributed by atoms with van der Waals surface area (Å²) in [6, 6.07) is 23.6. The third-order valence-corrected chi connectivity index (χ3v) is 4.15. The van der Waals surface area contributed by atoms with E-state index >= 15 is 0 Å². The van der Waals surface area contributed by atoms with Crippen molar-refractivity contribution >= 4 is 44.9 Å². The summed E-state index contributed by atoms with van der Waals surface area (Å²) in [5.41, 5.74) is 0. The van der Waals surface area contributed by atoms with Gasteiger partial charge in [0.25, 0.3) is 0 Å². The fraction of sp³-hybridized carbons (Fsp3) is 0. The van der Waals surface area contributed by atoms with Gasteiger partial charge in [-0.3, -0.25) is 0 Å². The summed E-state index contributed by atoms with van der Waals surface area (Å²) in [4.78, 5) is 1.03. The van der Waals surface area contributed by atoms with Crippen molar-refractivity contribution in [3.05, 3.63) is 66.7 Å². The molecular weight excluding hydrogens is 248 g/mol. The van der Waals surface area contributed by atoms with Gasteiger partial charge in [-0.15, -0.1) is 12.6 Å². The topological polar surface area (TPSA) is 0 Å². The predicted molar refractivity (Wildman–Crippen MR) is 86.2 cm³/mol. The van der Waals surface area contributed by atoms with E-state index in [1.165, 1.54) is 32.3 Å². The van der Waals surface area contributed by atoms with Crippen molar-refractivity contribution in [3.8, 4) is 0 Å². The fourth-order valence-electron chi connectivity index (χ4n) is 2.84. The first-order chi connectivity index (χ1) is 9.34. The molecule has 0 atom stereocenters. The molecule has 0 unspecified atom stereocenters. The maximum Gasteiger partial charge on any atom is 0.0119 e. The summed E-state index contributed by atoms with van der Waals surface area (Å²) in [6.07, 6.45) is 0. The fourth-order valence-corrected chi connectivity index (χ4v) is 3.12. The zero-order chi connectivity index (χ0) is 12.8. The van der Waals surface area contributed by atoms with Gasteiger partial charge in [0, 0.05) is 4.90 Å². The van der Waals surface area contributed by atoms with Crippen LogP contribution in [0.25, 0.3) is 32.3 Å². The van der Waals surface area contributed by atoms with E-state index in [1.54, 1.807) is 0 Å². The molecule has 4 aromatic carbocycles. The molecule has 0 radical (unpaired) electrons. The van der Waals surface area contributed by atoms with Gasteiger partial charge in [-0.1, -0.05) is 60.7 Å². The lowest BCUT2D eigenvalue weighted by Crippen LogP contribution is -1.81. The van der Waals surface area contributed by atoms with Crippen molar-refractivity contribution < 1.29 is 0 Å². The van der Waals surface area contributed by atoms with E-state index in [-0.39, 0.29) is 0 Å². The number of benzene rings is 4. The molecule has 0 saturated heterocycles. The standard InChI is InChI=1S/C18H12S/c19-18-7-3-6-14-16-9-8-12-4-1-2-5-13(12)15(16)10-11-17(14)18/h1-11,19H. The molecule has 0 bridgehead atoms. The molecule has 0 aromatic heterocycles. The highest BCUT2D eigenvalue weighted by Crippen LogP contribution is 2.33. The summed E-state index contributed by atoms with van der Waals surface area (Å²) in [6.45, 7) is 0. The van der Waals surface area contributed by atoms with Crippen molar-refractivity contribution in [2.24, 2.45) is 0 Å². The largest absolute Gasteiger partial charge is 0.143 e. The second-order valence-corrected chi connectivity index (χ2v) is 5.30. The van der Waals surface area contributed by atoms with E-state index in [9.17, 15) is 0 Å². The van der Waals surface area contributed by atoms with E-state index in [0.717, 1.165) is 4.90 Å². The monoisotopic (exact) mass is 260 g/mol. The first-order valence-electron chi connectivity index (χ1n) is 6.37. The number of hydrogen-bond donors (Lipinski definition) is 1. The molecular formula is C18H12S. The molecule has 0 fully saturated rings. The zero-order valence-corrected chi connectivity index (χ0v) is 11.2. The van der Waals surface area contributed by atoms with Crippen LogP contribution in [-0.4, -0.2) is 0 Å². The lowest BCUT2D eigenvalue weighted by Gasteiger charge is -2.08. The number of rotatable bonds is 0. The average Bonchev–Trinajstić information content (AvgIpc) is 2.47. The van der Waals surface area contributed by atoms with Crippen LogP contribution in [0, 0.1) is 0 Å². The lowest BCUT2D eigenvalue weighted by molar-refractivity contribution is 1.57. The summed E-state index contributed by atoms with van der Waals surface area (Å²) in [5, 5.41) is 7.70. The summed E-state index contributed by atoms with van der Waals surface area (Å²) in [7, 11) is 0. The molecule has 19 heavy (non-hydrogen) atoms. The highest BCUT2D eigenvalue weighted by atomic mass is 32.1. The molecule has 4 rings (SSSR count). The van der Waals surface area contributed by atoms with E-state index < -0.39 is 0 Å². The minimum absolute atomic E-state index is 1.03. The third kappa shape index (κ3) is 1.55. The van der Waals surface area contributed by atoms with Crippen molar-refractivity contribution in [2.45, 2.75) is 4.90 Å². The number of thiol groups is 1. The van der Waals surface area contributed by atoms with Crippen LogP contribution in [0.2, 0.25) is 0 Å². The molecule has 0 aliphatic rings. The second-order valence-electron chi connectivity index (χ2n) is 4.82. The Hall–Kier alpha value is -1.99. The normalized spacial score (nSPS) is 11.4. The van der Waals surface area contributed by atoms with Crippen LogP contribution in [0.3, 0.4) is 0 Å². The van der Waals surface area contributed by atoms with Gasteiger partial charge < -0.3 is 0 Å². The van der Waals surface area contributed by atoms with Crippen molar-refractivity contribution in [1.82, 2.24) is 0 Å². The Morgan fingerprint density at radius 3 is 2.05 bits per heavy atom. The van der Waals surface area contributed by atoms with Gasteiger partial charge in [0.2, 0.25) is 0 Å². The molecule has 0 amide bonds. The Kier molecular flexibility index (Phi) is 2.30. The van der Waals surface area contributed by atoms with Crippen LogP contribution in [-0.2, 0) is 0 Å². The highest BCUT2D eigenvalue weighted by Gasteiger charge is 2.05. The average molecular weight is 260 g/mol. The van der Waals surface area contributed by atoms with Crippen LogP contribution in [0.5, 0.6) is 0 Å². The Labute approximate surface area is 117 Å². The van der Waals surface area contributed by atoms with Crippen molar-refractivity contribution in [2.75, 3.05) is 0 Å². The molecule has 0 aliphatic heterocycles. The quantitative estimate of drug-likeness (QED) is 0.316. The maximum absolute atomic E-state index is 4.55. The van der Waals surface area contributed by atoms with Gasteiger partial charge in [-0.05, 0) is 38.4 Å². The number of fused-ring (bicyclic) bond motifs is 5.